The number of aromatic nitrogens is 2. The van der Waals surface area contributed by atoms with E-state index in [9.17, 15) is 0 Å². The van der Waals surface area contributed by atoms with E-state index < -0.39 is 0 Å². The van der Waals surface area contributed by atoms with Crippen molar-refractivity contribution in [2.75, 3.05) is 11.2 Å². The summed E-state index contributed by atoms with van der Waals surface area (Å²) in [5.74, 6) is 1.61. The van der Waals surface area contributed by atoms with Crippen molar-refractivity contribution in [3.63, 3.8) is 0 Å². The van der Waals surface area contributed by atoms with E-state index in [1.165, 1.54) is 0 Å². The summed E-state index contributed by atoms with van der Waals surface area (Å²) in [5.41, 5.74) is 0. The van der Waals surface area contributed by atoms with Gasteiger partial charge in [-0.05, 0) is 20.3 Å². The van der Waals surface area contributed by atoms with E-state index in [2.05, 4.69) is 28.7 Å². The fourth-order valence-corrected chi connectivity index (χ4v) is 1.49. The number of anilines is 1. The molecule has 74 valence electrons. The van der Waals surface area contributed by atoms with Crippen LogP contribution in [0.1, 0.15) is 20.3 Å². The van der Waals surface area contributed by atoms with Crippen molar-refractivity contribution in [3.8, 4) is 0 Å². The number of hydrogen-bond acceptors (Lipinski definition) is 2. The zero-order chi connectivity index (χ0) is 9.68. The Morgan fingerprint density at radius 1 is 1.69 bits per heavy atom. The van der Waals surface area contributed by atoms with E-state index in [0.29, 0.717) is 11.9 Å². The minimum atomic E-state index is 0.380. The zero-order valence-electron chi connectivity index (χ0n) is 8.13. The summed E-state index contributed by atoms with van der Waals surface area (Å²) in [6.45, 7) is 5.14. The third kappa shape index (κ3) is 2.92. The number of rotatable bonds is 5. The number of aryl methyl sites for hydroxylation is 1. The lowest BCUT2D eigenvalue weighted by atomic mass is 10.3. The van der Waals surface area contributed by atoms with Crippen LogP contribution in [0.15, 0.2) is 12.4 Å². The molecule has 1 heterocycles. The molecule has 0 saturated carbocycles. The molecule has 1 rings (SSSR count). The van der Waals surface area contributed by atoms with Crippen molar-refractivity contribution < 1.29 is 0 Å². The van der Waals surface area contributed by atoms with Gasteiger partial charge in [0.25, 0.3) is 0 Å². The molecule has 0 aliphatic heterocycles. The van der Waals surface area contributed by atoms with Crippen LogP contribution in [0, 0.1) is 0 Å². The summed E-state index contributed by atoms with van der Waals surface area (Å²) in [7, 11) is 0. The highest BCUT2D eigenvalue weighted by molar-refractivity contribution is 6.17. The Morgan fingerprint density at radius 2 is 2.46 bits per heavy atom. The van der Waals surface area contributed by atoms with E-state index in [1.54, 1.807) is 6.20 Å². The van der Waals surface area contributed by atoms with Gasteiger partial charge < -0.3 is 9.88 Å². The third-order valence-corrected chi connectivity index (χ3v) is 2.19. The topological polar surface area (TPSA) is 29.9 Å². The van der Waals surface area contributed by atoms with Crippen molar-refractivity contribution in [3.05, 3.63) is 12.4 Å². The fraction of sp³-hybridized carbons (Fsp3) is 0.667. The van der Waals surface area contributed by atoms with Crippen molar-refractivity contribution in [1.82, 2.24) is 9.55 Å². The minimum absolute atomic E-state index is 0.380. The van der Waals surface area contributed by atoms with Crippen LogP contribution in [0.2, 0.25) is 0 Å². The summed E-state index contributed by atoms with van der Waals surface area (Å²) in [4.78, 5) is 4.22. The van der Waals surface area contributed by atoms with Gasteiger partial charge >= 0.3 is 0 Å². The average molecular weight is 202 g/mol. The summed E-state index contributed by atoms with van der Waals surface area (Å²) < 4.78 is 2.07. The molecule has 1 unspecified atom stereocenters. The Morgan fingerprint density at radius 3 is 3.08 bits per heavy atom. The molecule has 0 aliphatic rings. The predicted octanol–water partition coefficient (Wildman–Crippen LogP) is 2.33. The summed E-state index contributed by atoms with van der Waals surface area (Å²) in [6, 6.07) is 0.380. The molecule has 0 fully saturated rings. The van der Waals surface area contributed by atoms with Gasteiger partial charge in [-0.2, -0.15) is 0 Å². The van der Waals surface area contributed by atoms with Crippen LogP contribution in [0.4, 0.5) is 5.95 Å². The molecule has 3 nitrogen and oxygen atoms in total. The molecule has 0 spiro atoms. The van der Waals surface area contributed by atoms with Crippen LogP contribution in [0.5, 0.6) is 0 Å². The Balaban J connectivity index is 2.52. The zero-order valence-corrected chi connectivity index (χ0v) is 8.88. The molecule has 0 radical (unpaired) electrons. The van der Waals surface area contributed by atoms with E-state index >= 15 is 0 Å². The molecule has 1 atom stereocenters. The highest BCUT2D eigenvalue weighted by Crippen LogP contribution is 2.07. The molecule has 0 bridgehead atoms. The second-order valence-corrected chi connectivity index (χ2v) is 3.44. The first-order chi connectivity index (χ1) is 6.27. The Bertz CT molecular complexity index is 247. The van der Waals surface area contributed by atoms with Gasteiger partial charge in [0, 0.05) is 30.9 Å². The third-order valence-electron chi connectivity index (χ3n) is 1.97. The molecule has 4 heteroatoms. The number of halogens is 1. The Labute approximate surface area is 84.1 Å². The van der Waals surface area contributed by atoms with Gasteiger partial charge in [0.15, 0.2) is 0 Å². The number of nitrogens with one attached hydrogen (secondary N) is 1. The van der Waals surface area contributed by atoms with Crippen LogP contribution in [0.25, 0.3) is 0 Å². The standard InChI is InChI=1S/C9H16ClN3/c1-3-13-7-6-11-9(13)12-8(2)4-5-10/h6-8H,3-5H2,1-2H3,(H,11,12). The minimum Gasteiger partial charge on any atom is -0.353 e. The van der Waals surface area contributed by atoms with Crippen LogP contribution in [-0.2, 0) is 6.54 Å². The second kappa shape index (κ2) is 5.12. The average Bonchev–Trinajstić information content (AvgIpc) is 2.52. The number of hydrogen-bond donors (Lipinski definition) is 1. The van der Waals surface area contributed by atoms with E-state index in [1.807, 2.05) is 6.20 Å². The maximum atomic E-state index is 5.64. The molecule has 0 saturated heterocycles. The largest absolute Gasteiger partial charge is 0.353 e. The monoisotopic (exact) mass is 201 g/mol. The van der Waals surface area contributed by atoms with Gasteiger partial charge in [-0.25, -0.2) is 4.98 Å². The lowest BCUT2D eigenvalue weighted by Gasteiger charge is -2.13. The molecular formula is C9H16ClN3. The van der Waals surface area contributed by atoms with Crippen molar-refractivity contribution >= 4 is 17.5 Å². The van der Waals surface area contributed by atoms with Crippen molar-refractivity contribution in [2.24, 2.45) is 0 Å². The first-order valence-electron chi connectivity index (χ1n) is 4.61. The van der Waals surface area contributed by atoms with Gasteiger partial charge in [0.05, 0.1) is 0 Å². The maximum Gasteiger partial charge on any atom is 0.202 e. The summed E-state index contributed by atoms with van der Waals surface area (Å²) in [5, 5.41) is 3.31. The Hall–Kier alpha value is -0.700. The van der Waals surface area contributed by atoms with Crippen LogP contribution >= 0.6 is 11.6 Å². The van der Waals surface area contributed by atoms with Crippen molar-refractivity contribution in [1.29, 1.82) is 0 Å². The summed E-state index contributed by atoms with van der Waals surface area (Å²) in [6.07, 6.45) is 4.73. The van der Waals surface area contributed by atoms with E-state index in [4.69, 9.17) is 11.6 Å². The molecule has 1 N–H and O–H groups in total. The first-order valence-corrected chi connectivity index (χ1v) is 5.15. The molecule has 0 amide bonds. The van der Waals surface area contributed by atoms with Gasteiger partial charge in [-0.3, -0.25) is 0 Å². The maximum absolute atomic E-state index is 5.64. The Kier molecular flexibility index (Phi) is 4.09. The normalized spacial score (nSPS) is 12.8. The van der Waals surface area contributed by atoms with Crippen LogP contribution in [-0.4, -0.2) is 21.5 Å². The van der Waals surface area contributed by atoms with Gasteiger partial charge in [-0.1, -0.05) is 0 Å². The lowest BCUT2D eigenvalue weighted by molar-refractivity contribution is 0.714. The molecule has 1 aromatic heterocycles. The number of imidazole rings is 1. The van der Waals surface area contributed by atoms with Crippen LogP contribution < -0.4 is 5.32 Å². The smallest absolute Gasteiger partial charge is 0.202 e. The quantitative estimate of drug-likeness (QED) is 0.742. The van der Waals surface area contributed by atoms with Gasteiger partial charge in [0.1, 0.15) is 0 Å². The SMILES string of the molecule is CCn1ccnc1NC(C)CCCl. The number of alkyl halides is 1. The summed E-state index contributed by atoms with van der Waals surface area (Å²) >= 11 is 5.64. The molecule has 0 aliphatic carbocycles. The second-order valence-electron chi connectivity index (χ2n) is 3.06. The van der Waals surface area contributed by atoms with E-state index in [-0.39, 0.29) is 0 Å². The molecule has 0 aromatic carbocycles. The molecular weight excluding hydrogens is 186 g/mol. The molecule has 1 aromatic rings. The fourth-order valence-electron chi connectivity index (χ4n) is 1.16. The predicted molar refractivity (Wildman–Crippen MR) is 56.3 cm³/mol. The van der Waals surface area contributed by atoms with Crippen LogP contribution in [0.3, 0.4) is 0 Å². The molecule has 13 heavy (non-hydrogen) atoms. The van der Waals surface area contributed by atoms with E-state index in [0.717, 1.165) is 18.9 Å². The number of nitrogens with zero attached hydrogens (tertiary/aromatic N) is 2. The van der Waals surface area contributed by atoms with Crippen molar-refractivity contribution in [2.45, 2.75) is 32.9 Å². The lowest BCUT2D eigenvalue weighted by Crippen LogP contribution is -2.18. The van der Waals surface area contributed by atoms with Gasteiger partial charge in [0.2, 0.25) is 5.95 Å². The first kappa shape index (κ1) is 10.4. The van der Waals surface area contributed by atoms with Gasteiger partial charge in [-0.15, -0.1) is 11.6 Å². The highest BCUT2D eigenvalue weighted by atomic mass is 35.5. The highest BCUT2D eigenvalue weighted by Gasteiger charge is 2.04.